The third-order valence-corrected chi connectivity index (χ3v) is 3.06. The molecular formula is C14H10INO. The highest BCUT2D eigenvalue weighted by Gasteiger charge is 2.01. The average Bonchev–Trinajstić information content (AvgIpc) is 2.38. The summed E-state index contributed by atoms with van der Waals surface area (Å²) in [5.41, 5.74) is 1.58. The number of nitrogens with zero attached hydrogens (tertiary/aromatic N) is 1. The minimum atomic E-state index is 0.421. The summed E-state index contributed by atoms with van der Waals surface area (Å²) in [6.45, 7) is 0.421. The molecule has 0 aliphatic rings. The second kappa shape index (κ2) is 5.69. The van der Waals surface area contributed by atoms with Gasteiger partial charge in [-0.15, -0.1) is 0 Å². The first-order valence-corrected chi connectivity index (χ1v) is 6.24. The maximum atomic E-state index is 8.95. The van der Waals surface area contributed by atoms with Crippen molar-refractivity contribution < 1.29 is 4.74 Å². The van der Waals surface area contributed by atoms with Crippen LogP contribution in [0.15, 0.2) is 48.5 Å². The lowest BCUT2D eigenvalue weighted by atomic mass is 10.1. The maximum Gasteiger partial charge on any atom is 0.119 e. The lowest BCUT2D eigenvalue weighted by Gasteiger charge is -2.07. The number of hydrogen-bond acceptors (Lipinski definition) is 2. The molecule has 0 aromatic heterocycles. The summed E-state index contributed by atoms with van der Waals surface area (Å²) in [6.07, 6.45) is 0. The molecule has 0 radical (unpaired) electrons. The zero-order chi connectivity index (χ0) is 12.1. The van der Waals surface area contributed by atoms with E-state index in [9.17, 15) is 0 Å². The molecule has 0 spiro atoms. The summed E-state index contributed by atoms with van der Waals surface area (Å²) in [4.78, 5) is 0. The molecule has 0 unspecified atom stereocenters. The van der Waals surface area contributed by atoms with Crippen molar-refractivity contribution in [3.05, 3.63) is 63.2 Å². The van der Waals surface area contributed by atoms with E-state index in [2.05, 4.69) is 28.7 Å². The molecule has 3 heteroatoms. The highest BCUT2D eigenvalue weighted by atomic mass is 127. The Balaban J connectivity index is 2.08. The van der Waals surface area contributed by atoms with E-state index in [1.165, 1.54) is 3.57 Å². The molecule has 0 fully saturated rings. The van der Waals surface area contributed by atoms with E-state index >= 15 is 0 Å². The summed E-state index contributed by atoms with van der Waals surface area (Å²) in [7, 11) is 0. The molecule has 17 heavy (non-hydrogen) atoms. The van der Waals surface area contributed by atoms with Crippen molar-refractivity contribution in [2.24, 2.45) is 0 Å². The predicted octanol–water partition coefficient (Wildman–Crippen LogP) is 3.74. The van der Waals surface area contributed by atoms with Crippen molar-refractivity contribution >= 4 is 22.6 Å². The first kappa shape index (κ1) is 11.9. The second-order valence-electron chi connectivity index (χ2n) is 3.51. The smallest absolute Gasteiger partial charge is 0.119 e. The van der Waals surface area contributed by atoms with Crippen LogP contribution < -0.4 is 4.74 Å². The molecule has 0 aliphatic heterocycles. The van der Waals surface area contributed by atoms with E-state index in [0.29, 0.717) is 12.2 Å². The highest BCUT2D eigenvalue weighted by Crippen LogP contribution is 2.16. The van der Waals surface area contributed by atoms with Crippen LogP contribution >= 0.6 is 22.6 Å². The van der Waals surface area contributed by atoms with E-state index in [4.69, 9.17) is 10.00 Å². The van der Waals surface area contributed by atoms with Crippen molar-refractivity contribution in [1.29, 1.82) is 5.26 Å². The van der Waals surface area contributed by atoms with Gasteiger partial charge < -0.3 is 4.74 Å². The van der Waals surface area contributed by atoms with Gasteiger partial charge in [0, 0.05) is 9.13 Å². The van der Waals surface area contributed by atoms with Crippen LogP contribution in [0, 0.1) is 14.9 Å². The van der Waals surface area contributed by atoms with Crippen molar-refractivity contribution in [3.8, 4) is 11.8 Å². The second-order valence-corrected chi connectivity index (χ2v) is 4.76. The lowest BCUT2D eigenvalue weighted by Crippen LogP contribution is -1.97. The molecule has 0 amide bonds. The Morgan fingerprint density at radius 3 is 2.47 bits per heavy atom. The number of hydrogen-bond donors (Lipinski definition) is 0. The molecule has 0 bridgehead atoms. The van der Waals surface area contributed by atoms with Gasteiger partial charge in [0.25, 0.3) is 0 Å². The summed E-state index contributed by atoms with van der Waals surface area (Å²) in [5, 5.41) is 8.95. The molecular weight excluding hydrogens is 325 g/mol. The molecule has 0 heterocycles. The Hall–Kier alpha value is -1.54. The van der Waals surface area contributed by atoms with Crippen LogP contribution in [0.2, 0.25) is 0 Å². The van der Waals surface area contributed by atoms with Crippen molar-refractivity contribution in [1.82, 2.24) is 0 Å². The summed E-state index contributed by atoms with van der Waals surface area (Å²) in [6, 6.07) is 17.5. The zero-order valence-corrected chi connectivity index (χ0v) is 11.2. The van der Waals surface area contributed by atoms with Crippen molar-refractivity contribution in [2.45, 2.75) is 6.61 Å². The number of rotatable bonds is 3. The monoisotopic (exact) mass is 335 g/mol. The minimum Gasteiger partial charge on any atom is -0.489 e. The van der Waals surface area contributed by atoms with E-state index in [1.807, 2.05) is 42.5 Å². The van der Waals surface area contributed by atoms with Crippen molar-refractivity contribution in [3.63, 3.8) is 0 Å². The predicted molar refractivity (Wildman–Crippen MR) is 74.6 cm³/mol. The molecule has 0 saturated heterocycles. The van der Waals surface area contributed by atoms with Crippen molar-refractivity contribution in [2.75, 3.05) is 0 Å². The van der Waals surface area contributed by atoms with Gasteiger partial charge in [-0.05, 0) is 52.9 Å². The van der Waals surface area contributed by atoms with Crippen LogP contribution in [0.3, 0.4) is 0 Å². The van der Waals surface area contributed by atoms with Crippen LogP contribution in [-0.2, 0) is 6.61 Å². The number of nitriles is 1. The molecule has 84 valence electrons. The third-order valence-electron chi connectivity index (χ3n) is 2.35. The fourth-order valence-electron chi connectivity index (χ4n) is 1.45. The number of ether oxygens (including phenoxy) is 1. The first-order chi connectivity index (χ1) is 8.29. The summed E-state index contributed by atoms with van der Waals surface area (Å²) in [5.74, 6) is 0.818. The molecule has 0 saturated carbocycles. The Labute approximate surface area is 114 Å². The van der Waals surface area contributed by atoms with Gasteiger partial charge in [-0.25, -0.2) is 0 Å². The van der Waals surface area contributed by atoms with Gasteiger partial charge in [0.2, 0.25) is 0 Å². The summed E-state index contributed by atoms with van der Waals surface area (Å²) < 4.78 is 6.81. The first-order valence-electron chi connectivity index (χ1n) is 5.16. The average molecular weight is 335 g/mol. The molecule has 2 aromatic carbocycles. The molecule has 2 nitrogen and oxygen atoms in total. The van der Waals surface area contributed by atoms with Gasteiger partial charge >= 0.3 is 0 Å². The van der Waals surface area contributed by atoms with E-state index in [1.54, 1.807) is 6.07 Å². The molecule has 2 aromatic rings. The standard InChI is InChI=1S/C14H10INO/c15-13-5-7-14(8-6-13)17-10-12-4-2-1-3-11(12)9-16/h1-8H,10H2. The fraction of sp³-hybridized carbons (Fsp3) is 0.0714. The Morgan fingerprint density at radius 2 is 1.76 bits per heavy atom. The van der Waals surface area contributed by atoms with Crippen LogP contribution in [0.5, 0.6) is 5.75 Å². The zero-order valence-electron chi connectivity index (χ0n) is 9.06. The molecule has 2 rings (SSSR count). The largest absolute Gasteiger partial charge is 0.489 e. The normalized spacial score (nSPS) is 9.65. The van der Waals surface area contributed by atoms with Gasteiger partial charge in [0.1, 0.15) is 12.4 Å². The van der Waals surface area contributed by atoms with Crippen LogP contribution in [0.25, 0.3) is 0 Å². The number of halogens is 1. The molecule has 0 aliphatic carbocycles. The SMILES string of the molecule is N#Cc1ccccc1COc1ccc(I)cc1. The quantitative estimate of drug-likeness (QED) is 0.801. The van der Waals surface area contributed by atoms with Gasteiger partial charge in [0.05, 0.1) is 11.6 Å². The topological polar surface area (TPSA) is 33.0 Å². The Bertz CT molecular complexity index is 543. The van der Waals surface area contributed by atoms with E-state index < -0.39 is 0 Å². The van der Waals surface area contributed by atoms with Crippen LogP contribution in [0.4, 0.5) is 0 Å². The van der Waals surface area contributed by atoms with E-state index in [-0.39, 0.29) is 0 Å². The van der Waals surface area contributed by atoms with Gasteiger partial charge in [-0.2, -0.15) is 5.26 Å². The minimum absolute atomic E-state index is 0.421. The van der Waals surface area contributed by atoms with Gasteiger partial charge in [-0.3, -0.25) is 0 Å². The Kier molecular flexibility index (Phi) is 3.99. The lowest BCUT2D eigenvalue weighted by molar-refractivity contribution is 0.306. The van der Waals surface area contributed by atoms with E-state index in [0.717, 1.165) is 11.3 Å². The molecule has 0 N–H and O–H groups in total. The Morgan fingerprint density at radius 1 is 1.06 bits per heavy atom. The number of benzene rings is 2. The van der Waals surface area contributed by atoms with Gasteiger partial charge in [0.15, 0.2) is 0 Å². The molecule has 0 atom stereocenters. The summed E-state index contributed by atoms with van der Waals surface area (Å²) >= 11 is 2.25. The van der Waals surface area contributed by atoms with Crippen LogP contribution in [-0.4, -0.2) is 0 Å². The third kappa shape index (κ3) is 3.21. The van der Waals surface area contributed by atoms with Crippen LogP contribution in [0.1, 0.15) is 11.1 Å². The fourth-order valence-corrected chi connectivity index (χ4v) is 1.81. The van der Waals surface area contributed by atoms with Gasteiger partial charge in [-0.1, -0.05) is 18.2 Å². The maximum absolute atomic E-state index is 8.95. The highest BCUT2D eigenvalue weighted by molar-refractivity contribution is 14.1.